The van der Waals surface area contributed by atoms with Crippen LogP contribution in [0.3, 0.4) is 0 Å². The third-order valence-electron chi connectivity index (χ3n) is 6.57. The van der Waals surface area contributed by atoms with Gasteiger partial charge >= 0.3 is 0 Å². The Hall–Kier alpha value is -2.12. The Bertz CT molecular complexity index is 806. The first-order valence-corrected chi connectivity index (χ1v) is 11.9. The Kier molecular flexibility index (Phi) is 8.17. The molecular weight excluding hydrogens is 408 g/mol. The van der Waals surface area contributed by atoms with E-state index in [1.165, 1.54) is 6.42 Å². The van der Waals surface area contributed by atoms with E-state index < -0.39 is 12.2 Å². The van der Waals surface area contributed by atoms with Crippen LogP contribution < -0.4 is 9.64 Å². The van der Waals surface area contributed by atoms with E-state index in [2.05, 4.69) is 13.8 Å². The number of aliphatic hydroxyl groups excluding tert-OH is 1. The highest BCUT2D eigenvalue weighted by molar-refractivity contribution is 6.04. The molecule has 7 heteroatoms. The van der Waals surface area contributed by atoms with E-state index in [0.717, 1.165) is 38.5 Å². The zero-order chi connectivity index (χ0) is 23.3. The molecule has 178 valence electrons. The molecular formula is C25H38N2O5. The standard InChI is InChI=1S/C25H38N2O5/c1-18(2)27(20-10-6-5-7-11-20)23(29)19-12-13-22-21(16-19)26(14-8-9-15-31-4)24(30)25(3,17-28)32-22/h12-13,16,18,20,28H,5-11,14-15,17H2,1-4H3. The molecule has 1 aliphatic carbocycles. The summed E-state index contributed by atoms with van der Waals surface area (Å²) in [7, 11) is 1.66. The van der Waals surface area contributed by atoms with Crippen molar-refractivity contribution in [1.82, 2.24) is 4.90 Å². The largest absolute Gasteiger partial charge is 0.473 e. The Morgan fingerprint density at radius 1 is 1.28 bits per heavy atom. The molecule has 32 heavy (non-hydrogen) atoms. The second-order valence-corrected chi connectivity index (χ2v) is 9.43. The molecule has 1 atom stereocenters. The van der Waals surface area contributed by atoms with Gasteiger partial charge in [-0.1, -0.05) is 19.3 Å². The molecule has 3 rings (SSSR count). The molecule has 1 saturated carbocycles. The fraction of sp³-hybridized carbons (Fsp3) is 0.680. The van der Waals surface area contributed by atoms with E-state index in [1.807, 2.05) is 4.90 Å². The van der Waals surface area contributed by atoms with Gasteiger partial charge in [-0.15, -0.1) is 0 Å². The number of amides is 2. The summed E-state index contributed by atoms with van der Waals surface area (Å²) in [5.41, 5.74) is -0.170. The van der Waals surface area contributed by atoms with Crippen LogP contribution in [0, 0.1) is 0 Å². The SMILES string of the molecule is COCCCCN1C(=O)C(C)(CO)Oc2ccc(C(=O)N(C(C)C)C3CCCCC3)cc21. The first-order chi connectivity index (χ1) is 15.3. The van der Waals surface area contributed by atoms with Crippen molar-refractivity contribution in [1.29, 1.82) is 0 Å². The van der Waals surface area contributed by atoms with Crippen LogP contribution in [0.1, 0.15) is 76.1 Å². The Morgan fingerprint density at radius 3 is 2.62 bits per heavy atom. The summed E-state index contributed by atoms with van der Waals surface area (Å²) in [6, 6.07) is 5.66. The summed E-state index contributed by atoms with van der Waals surface area (Å²) >= 11 is 0. The molecule has 7 nitrogen and oxygen atoms in total. The van der Waals surface area contributed by atoms with E-state index in [1.54, 1.807) is 37.1 Å². The molecule has 1 aliphatic heterocycles. The number of nitrogens with zero attached hydrogens (tertiary/aromatic N) is 2. The van der Waals surface area contributed by atoms with Gasteiger partial charge in [0.15, 0.2) is 0 Å². The molecule has 0 radical (unpaired) electrons. The number of ether oxygens (including phenoxy) is 2. The molecule has 1 unspecified atom stereocenters. The van der Waals surface area contributed by atoms with E-state index in [-0.39, 0.29) is 23.9 Å². The van der Waals surface area contributed by atoms with E-state index in [4.69, 9.17) is 9.47 Å². The van der Waals surface area contributed by atoms with Crippen LogP contribution in [0.15, 0.2) is 18.2 Å². The summed E-state index contributed by atoms with van der Waals surface area (Å²) < 4.78 is 11.0. The Morgan fingerprint density at radius 2 is 2.00 bits per heavy atom. The number of anilines is 1. The molecule has 1 N–H and O–H groups in total. The maximum atomic E-state index is 13.6. The van der Waals surface area contributed by atoms with E-state index in [0.29, 0.717) is 30.2 Å². The highest BCUT2D eigenvalue weighted by Gasteiger charge is 2.44. The minimum atomic E-state index is -1.33. The van der Waals surface area contributed by atoms with Crippen LogP contribution in [0.5, 0.6) is 5.75 Å². The van der Waals surface area contributed by atoms with Crippen molar-refractivity contribution in [3.05, 3.63) is 23.8 Å². The minimum Gasteiger partial charge on any atom is -0.473 e. The fourth-order valence-electron chi connectivity index (χ4n) is 4.80. The number of rotatable bonds is 9. The van der Waals surface area contributed by atoms with Gasteiger partial charge in [0.2, 0.25) is 5.60 Å². The molecule has 0 aromatic heterocycles. The fourth-order valence-corrected chi connectivity index (χ4v) is 4.80. The molecule has 0 saturated heterocycles. The number of hydrogen-bond donors (Lipinski definition) is 1. The Labute approximate surface area is 191 Å². The molecule has 1 aromatic rings. The lowest BCUT2D eigenvalue weighted by Gasteiger charge is -2.40. The van der Waals surface area contributed by atoms with E-state index in [9.17, 15) is 14.7 Å². The first kappa shape index (κ1) is 24.5. The number of fused-ring (bicyclic) bond motifs is 1. The number of carbonyl (C=O) groups excluding carboxylic acids is 2. The van der Waals surface area contributed by atoms with Crippen LogP contribution in [0.2, 0.25) is 0 Å². The van der Waals surface area contributed by atoms with Gasteiger partial charge in [-0.3, -0.25) is 9.59 Å². The van der Waals surface area contributed by atoms with Crippen molar-refractivity contribution >= 4 is 17.5 Å². The monoisotopic (exact) mass is 446 g/mol. The van der Waals surface area contributed by atoms with E-state index >= 15 is 0 Å². The van der Waals surface area contributed by atoms with Gasteiger partial charge in [-0.2, -0.15) is 0 Å². The van der Waals surface area contributed by atoms with Gasteiger partial charge in [0, 0.05) is 37.9 Å². The van der Waals surface area contributed by atoms with Crippen LogP contribution >= 0.6 is 0 Å². The van der Waals surface area contributed by atoms with Gasteiger partial charge in [0.25, 0.3) is 11.8 Å². The summed E-state index contributed by atoms with van der Waals surface area (Å²) in [6.07, 6.45) is 7.18. The van der Waals surface area contributed by atoms with Crippen molar-refractivity contribution in [2.75, 3.05) is 31.8 Å². The average molecular weight is 447 g/mol. The number of carbonyl (C=O) groups is 2. The lowest BCUT2D eigenvalue weighted by molar-refractivity contribution is -0.137. The maximum Gasteiger partial charge on any atom is 0.273 e. The molecule has 0 bridgehead atoms. The summed E-state index contributed by atoms with van der Waals surface area (Å²) in [5, 5.41) is 9.84. The van der Waals surface area contributed by atoms with Crippen molar-refractivity contribution < 1.29 is 24.2 Å². The van der Waals surface area contributed by atoms with Crippen molar-refractivity contribution in [3.63, 3.8) is 0 Å². The molecule has 2 amide bonds. The smallest absolute Gasteiger partial charge is 0.273 e. The van der Waals surface area contributed by atoms with Crippen LogP contribution in [0.4, 0.5) is 5.69 Å². The zero-order valence-corrected chi connectivity index (χ0v) is 19.9. The van der Waals surface area contributed by atoms with Crippen molar-refractivity contribution in [2.45, 2.75) is 83.4 Å². The third kappa shape index (κ3) is 5.09. The summed E-state index contributed by atoms with van der Waals surface area (Å²) in [5.74, 6) is 0.220. The van der Waals surface area contributed by atoms with Gasteiger partial charge in [-0.25, -0.2) is 0 Å². The predicted molar refractivity (Wildman–Crippen MR) is 124 cm³/mol. The van der Waals surface area contributed by atoms with Crippen molar-refractivity contribution in [3.8, 4) is 5.75 Å². The lowest BCUT2D eigenvalue weighted by Crippen LogP contribution is -2.56. The van der Waals surface area contributed by atoms with Crippen molar-refractivity contribution in [2.24, 2.45) is 0 Å². The number of aliphatic hydroxyl groups is 1. The molecule has 1 aromatic carbocycles. The topological polar surface area (TPSA) is 79.3 Å². The average Bonchev–Trinajstić information content (AvgIpc) is 2.79. The molecule has 2 aliphatic rings. The second-order valence-electron chi connectivity index (χ2n) is 9.43. The highest BCUT2D eigenvalue weighted by Crippen LogP contribution is 2.39. The van der Waals surface area contributed by atoms with Gasteiger partial charge in [-0.05, 0) is 64.7 Å². The quantitative estimate of drug-likeness (QED) is 0.584. The van der Waals surface area contributed by atoms with Gasteiger partial charge in [0.05, 0.1) is 12.3 Å². The second kappa shape index (κ2) is 10.7. The minimum absolute atomic E-state index is 0.00280. The zero-order valence-electron chi connectivity index (χ0n) is 19.9. The molecule has 0 spiro atoms. The van der Waals surface area contributed by atoms with Gasteiger partial charge < -0.3 is 24.4 Å². The number of methoxy groups -OCH3 is 1. The third-order valence-corrected chi connectivity index (χ3v) is 6.57. The highest BCUT2D eigenvalue weighted by atomic mass is 16.5. The predicted octanol–water partition coefficient (Wildman–Crippen LogP) is 3.77. The Balaban J connectivity index is 1.91. The van der Waals surface area contributed by atoms with Gasteiger partial charge in [0.1, 0.15) is 5.75 Å². The van der Waals surface area contributed by atoms with Crippen LogP contribution in [-0.2, 0) is 9.53 Å². The first-order valence-electron chi connectivity index (χ1n) is 11.9. The van der Waals surface area contributed by atoms with Crippen LogP contribution in [-0.4, -0.2) is 66.4 Å². The molecule has 1 heterocycles. The summed E-state index contributed by atoms with van der Waals surface area (Å²) in [6.45, 7) is 6.40. The maximum absolute atomic E-state index is 13.6. The number of unbranched alkanes of at least 4 members (excludes halogenated alkanes) is 1. The normalized spacial score (nSPS) is 21.4. The molecule has 1 fully saturated rings. The summed E-state index contributed by atoms with van der Waals surface area (Å²) in [4.78, 5) is 30.4. The lowest BCUT2D eigenvalue weighted by atomic mass is 9.92. The number of hydrogen-bond acceptors (Lipinski definition) is 5. The van der Waals surface area contributed by atoms with Crippen LogP contribution in [0.25, 0.3) is 0 Å². The number of benzene rings is 1.